The first-order valence-corrected chi connectivity index (χ1v) is 8.06. The van der Waals surface area contributed by atoms with Gasteiger partial charge in [-0.2, -0.15) is 5.10 Å². The lowest BCUT2D eigenvalue weighted by molar-refractivity contribution is 0.517. The third kappa shape index (κ3) is 3.19. The molecule has 0 aromatic carbocycles. The van der Waals surface area contributed by atoms with Crippen molar-refractivity contribution in [1.82, 2.24) is 15.1 Å². The van der Waals surface area contributed by atoms with Crippen LogP contribution in [0.4, 0.5) is 0 Å². The molecule has 0 amide bonds. The minimum absolute atomic E-state index is 0.475. The molecule has 0 aliphatic heterocycles. The molecule has 1 aromatic heterocycles. The minimum Gasteiger partial charge on any atom is -0.310 e. The highest BCUT2D eigenvalue weighted by atomic mass is 15.3. The molecule has 3 heteroatoms. The van der Waals surface area contributed by atoms with Gasteiger partial charge in [-0.25, -0.2) is 0 Å². The van der Waals surface area contributed by atoms with E-state index in [-0.39, 0.29) is 0 Å². The Morgan fingerprint density at radius 1 is 1.21 bits per heavy atom. The predicted molar refractivity (Wildman–Crippen MR) is 80.4 cm³/mol. The molecule has 1 unspecified atom stereocenters. The molecule has 1 aliphatic rings. The van der Waals surface area contributed by atoms with Crippen molar-refractivity contribution >= 4 is 0 Å². The average molecular weight is 263 g/mol. The van der Waals surface area contributed by atoms with Crippen molar-refractivity contribution in [2.45, 2.75) is 72.4 Å². The van der Waals surface area contributed by atoms with E-state index in [1.165, 1.54) is 29.8 Å². The SMILES string of the molecule is CCNC(CC)c1c(CC)nn(CC2CC2)c1CC. The van der Waals surface area contributed by atoms with Crippen LogP contribution in [0.25, 0.3) is 0 Å². The van der Waals surface area contributed by atoms with E-state index in [1.807, 2.05) is 0 Å². The largest absolute Gasteiger partial charge is 0.310 e. The summed E-state index contributed by atoms with van der Waals surface area (Å²) in [5.74, 6) is 0.891. The molecule has 2 rings (SSSR count). The molecule has 108 valence electrons. The van der Waals surface area contributed by atoms with Crippen LogP contribution in [-0.2, 0) is 19.4 Å². The minimum atomic E-state index is 0.475. The molecule has 1 atom stereocenters. The average Bonchev–Trinajstić information content (AvgIpc) is 3.16. The van der Waals surface area contributed by atoms with Crippen LogP contribution in [-0.4, -0.2) is 16.3 Å². The third-order valence-corrected chi connectivity index (χ3v) is 4.18. The first-order valence-electron chi connectivity index (χ1n) is 8.06. The number of aryl methyl sites for hydroxylation is 1. The Labute approximate surface area is 117 Å². The highest BCUT2D eigenvalue weighted by molar-refractivity contribution is 5.30. The van der Waals surface area contributed by atoms with Crippen LogP contribution in [0.3, 0.4) is 0 Å². The van der Waals surface area contributed by atoms with Crippen molar-refractivity contribution in [3.8, 4) is 0 Å². The van der Waals surface area contributed by atoms with Crippen LogP contribution in [0.1, 0.15) is 70.0 Å². The van der Waals surface area contributed by atoms with Crippen LogP contribution >= 0.6 is 0 Å². The lowest BCUT2D eigenvalue weighted by Crippen LogP contribution is -2.22. The van der Waals surface area contributed by atoms with Crippen LogP contribution in [0.2, 0.25) is 0 Å². The fraction of sp³-hybridized carbons (Fsp3) is 0.812. The molecule has 19 heavy (non-hydrogen) atoms. The number of rotatable bonds is 8. The second kappa shape index (κ2) is 6.56. The summed E-state index contributed by atoms with van der Waals surface area (Å²) >= 11 is 0. The zero-order chi connectivity index (χ0) is 13.8. The first-order chi connectivity index (χ1) is 9.24. The number of nitrogens with one attached hydrogen (secondary N) is 1. The lowest BCUT2D eigenvalue weighted by atomic mass is 9.99. The molecule has 0 radical (unpaired) electrons. The summed E-state index contributed by atoms with van der Waals surface area (Å²) in [4.78, 5) is 0. The normalized spacial score (nSPS) is 16.8. The van der Waals surface area contributed by atoms with Crippen LogP contribution in [0.15, 0.2) is 0 Å². The number of hydrogen-bond acceptors (Lipinski definition) is 2. The van der Waals surface area contributed by atoms with Gasteiger partial charge in [0, 0.05) is 23.8 Å². The van der Waals surface area contributed by atoms with E-state index < -0.39 is 0 Å². The Hall–Kier alpha value is -0.830. The van der Waals surface area contributed by atoms with Crippen molar-refractivity contribution in [3.63, 3.8) is 0 Å². The molecular weight excluding hydrogens is 234 g/mol. The molecule has 1 saturated carbocycles. The van der Waals surface area contributed by atoms with E-state index in [1.54, 1.807) is 0 Å². The van der Waals surface area contributed by atoms with E-state index >= 15 is 0 Å². The van der Waals surface area contributed by atoms with Gasteiger partial charge in [0.2, 0.25) is 0 Å². The molecular formula is C16H29N3. The zero-order valence-electron chi connectivity index (χ0n) is 13.0. The third-order valence-electron chi connectivity index (χ3n) is 4.18. The molecule has 1 heterocycles. The second-order valence-corrected chi connectivity index (χ2v) is 5.66. The number of aromatic nitrogens is 2. The van der Waals surface area contributed by atoms with E-state index in [9.17, 15) is 0 Å². The standard InChI is InChI=1S/C16H29N3/c1-5-13(17-8-4)16-14(6-2)18-19(15(16)7-3)11-12-9-10-12/h12-13,17H,5-11H2,1-4H3. The highest BCUT2D eigenvalue weighted by Crippen LogP contribution is 2.33. The van der Waals surface area contributed by atoms with E-state index in [0.717, 1.165) is 38.3 Å². The highest BCUT2D eigenvalue weighted by Gasteiger charge is 2.26. The van der Waals surface area contributed by atoms with E-state index in [0.29, 0.717) is 6.04 Å². The van der Waals surface area contributed by atoms with Gasteiger partial charge in [0.1, 0.15) is 0 Å². The monoisotopic (exact) mass is 263 g/mol. The summed E-state index contributed by atoms with van der Waals surface area (Å²) in [7, 11) is 0. The molecule has 1 fully saturated rings. The predicted octanol–water partition coefficient (Wildman–Crippen LogP) is 3.48. The van der Waals surface area contributed by atoms with Gasteiger partial charge < -0.3 is 5.32 Å². The van der Waals surface area contributed by atoms with Crippen LogP contribution < -0.4 is 5.32 Å². The topological polar surface area (TPSA) is 29.9 Å². The summed E-state index contributed by atoms with van der Waals surface area (Å²) in [6, 6.07) is 0.475. The fourth-order valence-electron chi connectivity index (χ4n) is 2.99. The fourth-order valence-corrected chi connectivity index (χ4v) is 2.99. The summed E-state index contributed by atoms with van der Waals surface area (Å²) < 4.78 is 2.31. The quantitative estimate of drug-likeness (QED) is 0.778. The zero-order valence-corrected chi connectivity index (χ0v) is 13.0. The summed E-state index contributed by atoms with van der Waals surface area (Å²) in [5, 5.41) is 8.53. The summed E-state index contributed by atoms with van der Waals surface area (Å²) in [5.41, 5.74) is 4.27. The molecule has 1 aliphatic carbocycles. The molecule has 3 nitrogen and oxygen atoms in total. The molecule has 0 saturated heterocycles. The Balaban J connectivity index is 2.33. The van der Waals surface area contributed by atoms with Crippen LogP contribution in [0, 0.1) is 5.92 Å². The van der Waals surface area contributed by atoms with Crippen molar-refractivity contribution in [1.29, 1.82) is 0 Å². The van der Waals surface area contributed by atoms with E-state index in [4.69, 9.17) is 5.10 Å². The van der Waals surface area contributed by atoms with Crippen LogP contribution in [0.5, 0.6) is 0 Å². The van der Waals surface area contributed by atoms with Gasteiger partial charge in [-0.1, -0.05) is 27.7 Å². The van der Waals surface area contributed by atoms with Gasteiger partial charge in [0.05, 0.1) is 5.69 Å². The van der Waals surface area contributed by atoms with Gasteiger partial charge in [0.15, 0.2) is 0 Å². The van der Waals surface area contributed by atoms with Gasteiger partial charge in [0.25, 0.3) is 0 Å². The Morgan fingerprint density at radius 2 is 1.95 bits per heavy atom. The second-order valence-electron chi connectivity index (χ2n) is 5.66. The maximum absolute atomic E-state index is 4.91. The van der Waals surface area contributed by atoms with Gasteiger partial charge in [-0.05, 0) is 44.6 Å². The lowest BCUT2D eigenvalue weighted by Gasteiger charge is -2.18. The number of hydrogen-bond donors (Lipinski definition) is 1. The first kappa shape index (κ1) is 14.6. The molecule has 0 spiro atoms. The summed E-state index contributed by atoms with van der Waals surface area (Å²) in [6.07, 6.45) is 6.07. The maximum atomic E-state index is 4.91. The Bertz CT molecular complexity index is 404. The van der Waals surface area contributed by atoms with Crippen molar-refractivity contribution in [2.75, 3.05) is 6.54 Å². The number of nitrogens with zero attached hydrogens (tertiary/aromatic N) is 2. The van der Waals surface area contributed by atoms with Gasteiger partial charge >= 0.3 is 0 Å². The maximum Gasteiger partial charge on any atom is 0.0672 e. The molecule has 1 N–H and O–H groups in total. The Kier molecular flexibility index (Phi) is 5.03. The van der Waals surface area contributed by atoms with Gasteiger partial charge in [-0.3, -0.25) is 4.68 Å². The summed E-state index contributed by atoms with van der Waals surface area (Å²) in [6.45, 7) is 11.1. The Morgan fingerprint density at radius 3 is 2.42 bits per heavy atom. The molecule has 1 aromatic rings. The van der Waals surface area contributed by atoms with Crippen molar-refractivity contribution in [3.05, 3.63) is 17.0 Å². The van der Waals surface area contributed by atoms with Crippen molar-refractivity contribution in [2.24, 2.45) is 5.92 Å². The van der Waals surface area contributed by atoms with Gasteiger partial charge in [-0.15, -0.1) is 0 Å². The van der Waals surface area contributed by atoms with E-state index in [2.05, 4.69) is 37.7 Å². The molecule has 0 bridgehead atoms. The smallest absolute Gasteiger partial charge is 0.0672 e. The van der Waals surface area contributed by atoms with Crippen molar-refractivity contribution < 1.29 is 0 Å².